The molecule has 5 nitrogen and oxygen atoms in total. The van der Waals surface area contributed by atoms with E-state index < -0.39 is 0 Å². The van der Waals surface area contributed by atoms with Crippen molar-refractivity contribution in [2.24, 2.45) is 0 Å². The first kappa shape index (κ1) is 16.0. The summed E-state index contributed by atoms with van der Waals surface area (Å²) in [6.07, 6.45) is 0. The second-order valence-electron chi connectivity index (χ2n) is 5.42. The Morgan fingerprint density at radius 3 is 3.00 bits per heavy atom. The van der Waals surface area contributed by atoms with Crippen LogP contribution in [0.15, 0.2) is 47.4 Å². The molecule has 1 aliphatic heterocycles. The van der Waals surface area contributed by atoms with Crippen molar-refractivity contribution in [2.45, 2.75) is 4.90 Å². The summed E-state index contributed by atoms with van der Waals surface area (Å²) in [7, 11) is 0. The number of halogens is 1. The molecule has 2 amide bonds. The minimum absolute atomic E-state index is 0.0826. The Morgan fingerprint density at radius 2 is 2.12 bits per heavy atom. The summed E-state index contributed by atoms with van der Waals surface area (Å²) in [5.74, 6) is -0.480. The van der Waals surface area contributed by atoms with Crippen molar-refractivity contribution in [3.63, 3.8) is 0 Å². The number of hydrogen-bond acceptors (Lipinski definition) is 5. The molecular weight excluding hydrogens is 361 g/mol. The first-order chi connectivity index (χ1) is 12.1. The lowest BCUT2D eigenvalue weighted by atomic mass is 10.2. The zero-order chi connectivity index (χ0) is 17.4. The molecule has 0 spiro atoms. The number of nitrogens with one attached hydrogen (secondary N) is 1. The summed E-state index contributed by atoms with van der Waals surface area (Å²) in [6.45, 7) is -0.0826. The zero-order valence-corrected chi connectivity index (χ0v) is 14.5. The highest BCUT2D eigenvalue weighted by atomic mass is 32.2. The normalized spacial score (nSPS) is 13.8. The van der Waals surface area contributed by atoms with Gasteiger partial charge in [-0.1, -0.05) is 23.5 Å². The molecule has 25 heavy (non-hydrogen) atoms. The average molecular weight is 373 g/mol. The molecule has 2 heterocycles. The highest BCUT2D eigenvalue weighted by Crippen LogP contribution is 2.34. The first-order valence-corrected chi connectivity index (χ1v) is 9.28. The van der Waals surface area contributed by atoms with Gasteiger partial charge in [0, 0.05) is 4.90 Å². The SMILES string of the molecule is O=C(CN1C(=O)CSc2ccccc21)Nc1nc2ccc(F)cc2s1. The second kappa shape index (κ2) is 6.45. The molecule has 1 aromatic heterocycles. The van der Waals surface area contributed by atoms with Crippen molar-refractivity contribution >= 4 is 55.9 Å². The Balaban J connectivity index is 1.52. The van der Waals surface area contributed by atoms with Gasteiger partial charge in [0.2, 0.25) is 11.8 Å². The Hall–Kier alpha value is -2.45. The van der Waals surface area contributed by atoms with E-state index in [-0.39, 0.29) is 24.2 Å². The Bertz CT molecular complexity index is 989. The van der Waals surface area contributed by atoms with E-state index in [1.807, 2.05) is 24.3 Å². The lowest BCUT2D eigenvalue weighted by Crippen LogP contribution is -2.41. The average Bonchev–Trinajstić information content (AvgIpc) is 2.98. The number of carbonyl (C=O) groups is 2. The third kappa shape index (κ3) is 3.22. The summed E-state index contributed by atoms with van der Waals surface area (Å²) in [5, 5.41) is 3.08. The molecule has 1 N–H and O–H groups in total. The highest BCUT2D eigenvalue weighted by molar-refractivity contribution is 8.00. The smallest absolute Gasteiger partial charge is 0.246 e. The number of rotatable bonds is 3. The topological polar surface area (TPSA) is 62.3 Å². The summed E-state index contributed by atoms with van der Waals surface area (Å²) in [6, 6.07) is 11.8. The zero-order valence-electron chi connectivity index (χ0n) is 12.9. The van der Waals surface area contributed by atoms with Gasteiger partial charge >= 0.3 is 0 Å². The van der Waals surface area contributed by atoms with Crippen LogP contribution in [0.1, 0.15) is 0 Å². The summed E-state index contributed by atoms with van der Waals surface area (Å²) < 4.78 is 13.9. The van der Waals surface area contributed by atoms with Crippen molar-refractivity contribution in [3.05, 3.63) is 48.3 Å². The van der Waals surface area contributed by atoms with Crippen LogP contribution < -0.4 is 10.2 Å². The monoisotopic (exact) mass is 373 g/mol. The van der Waals surface area contributed by atoms with Crippen molar-refractivity contribution in [2.75, 3.05) is 22.5 Å². The fourth-order valence-electron chi connectivity index (χ4n) is 2.58. The third-order valence-electron chi connectivity index (χ3n) is 3.71. The van der Waals surface area contributed by atoms with Crippen molar-refractivity contribution in [1.82, 2.24) is 4.98 Å². The van der Waals surface area contributed by atoms with Gasteiger partial charge in [-0.25, -0.2) is 9.37 Å². The number of amides is 2. The number of benzene rings is 2. The van der Waals surface area contributed by atoms with Crippen LogP contribution in [0.4, 0.5) is 15.2 Å². The number of fused-ring (bicyclic) bond motifs is 2. The number of carbonyl (C=O) groups excluding carboxylic acids is 2. The molecule has 3 aromatic rings. The van der Waals surface area contributed by atoms with Crippen LogP contribution in [0, 0.1) is 5.82 Å². The number of para-hydroxylation sites is 1. The molecule has 0 aliphatic carbocycles. The fraction of sp³-hybridized carbons (Fsp3) is 0.118. The van der Waals surface area contributed by atoms with E-state index in [9.17, 15) is 14.0 Å². The largest absolute Gasteiger partial charge is 0.301 e. The lowest BCUT2D eigenvalue weighted by molar-refractivity contribution is -0.120. The van der Waals surface area contributed by atoms with E-state index in [0.29, 0.717) is 21.1 Å². The molecular formula is C17H12FN3O2S2. The van der Waals surface area contributed by atoms with Gasteiger partial charge in [-0.15, -0.1) is 11.8 Å². The Kier molecular flexibility index (Phi) is 4.14. The summed E-state index contributed by atoms with van der Waals surface area (Å²) in [4.78, 5) is 31.3. The molecule has 8 heteroatoms. The third-order valence-corrected chi connectivity index (χ3v) is 5.69. The van der Waals surface area contributed by atoms with Crippen LogP contribution in [-0.2, 0) is 9.59 Å². The van der Waals surface area contributed by atoms with E-state index in [2.05, 4.69) is 10.3 Å². The number of aromatic nitrogens is 1. The van der Waals surface area contributed by atoms with Gasteiger partial charge in [-0.3, -0.25) is 9.59 Å². The fourth-order valence-corrected chi connectivity index (χ4v) is 4.42. The van der Waals surface area contributed by atoms with Crippen molar-refractivity contribution in [3.8, 4) is 0 Å². The second-order valence-corrected chi connectivity index (χ2v) is 7.46. The molecule has 1 aliphatic rings. The Morgan fingerprint density at radius 1 is 1.28 bits per heavy atom. The molecule has 126 valence electrons. The van der Waals surface area contributed by atoms with Crippen molar-refractivity contribution < 1.29 is 14.0 Å². The highest BCUT2D eigenvalue weighted by Gasteiger charge is 2.26. The lowest BCUT2D eigenvalue weighted by Gasteiger charge is -2.28. The molecule has 0 atom stereocenters. The van der Waals surface area contributed by atoms with E-state index in [1.165, 1.54) is 40.1 Å². The Labute approximate surface area is 150 Å². The predicted molar refractivity (Wildman–Crippen MR) is 97.7 cm³/mol. The molecule has 0 saturated carbocycles. The summed E-state index contributed by atoms with van der Waals surface area (Å²) >= 11 is 2.66. The van der Waals surface area contributed by atoms with E-state index >= 15 is 0 Å². The van der Waals surface area contributed by atoms with Crippen LogP contribution >= 0.6 is 23.1 Å². The maximum Gasteiger partial charge on any atom is 0.246 e. The predicted octanol–water partition coefficient (Wildman–Crippen LogP) is 3.51. The molecule has 0 fully saturated rings. The van der Waals surface area contributed by atoms with Gasteiger partial charge in [-0.05, 0) is 30.3 Å². The van der Waals surface area contributed by atoms with E-state index in [4.69, 9.17) is 0 Å². The number of hydrogen-bond donors (Lipinski definition) is 1. The maximum atomic E-state index is 13.2. The number of thiazole rings is 1. The number of thioether (sulfide) groups is 1. The maximum absolute atomic E-state index is 13.2. The minimum Gasteiger partial charge on any atom is -0.301 e. The molecule has 4 rings (SSSR count). The first-order valence-electron chi connectivity index (χ1n) is 7.48. The van der Waals surface area contributed by atoms with Gasteiger partial charge < -0.3 is 10.2 Å². The van der Waals surface area contributed by atoms with Crippen LogP contribution in [-0.4, -0.2) is 29.1 Å². The van der Waals surface area contributed by atoms with E-state index in [0.717, 1.165) is 10.6 Å². The standard InChI is InChI=1S/C17H12FN3O2S2/c18-10-5-6-11-14(7-10)25-17(19-11)20-15(22)8-21-12-3-1-2-4-13(12)24-9-16(21)23/h1-7H,8-9H2,(H,19,20,22). The van der Waals surface area contributed by atoms with Gasteiger partial charge in [-0.2, -0.15) is 0 Å². The molecule has 0 unspecified atom stereocenters. The van der Waals surface area contributed by atoms with Crippen LogP contribution in [0.3, 0.4) is 0 Å². The van der Waals surface area contributed by atoms with Gasteiger partial charge in [0.25, 0.3) is 0 Å². The number of anilines is 2. The molecule has 0 radical (unpaired) electrons. The van der Waals surface area contributed by atoms with Gasteiger partial charge in [0.05, 0.1) is 21.7 Å². The van der Waals surface area contributed by atoms with E-state index in [1.54, 1.807) is 6.07 Å². The van der Waals surface area contributed by atoms with Crippen LogP contribution in [0.25, 0.3) is 10.2 Å². The quantitative estimate of drug-likeness (QED) is 0.763. The molecule has 2 aromatic carbocycles. The minimum atomic E-state index is -0.345. The van der Waals surface area contributed by atoms with Gasteiger partial charge in [0.1, 0.15) is 12.4 Å². The van der Waals surface area contributed by atoms with Gasteiger partial charge in [0.15, 0.2) is 5.13 Å². The molecule has 0 bridgehead atoms. The number of nitrogens with zero attached hydrogens (tertiary/aromatic N) is 2. The van der Waals surface area contributed by atoms with Crippen LogP contribution in [0.5, 0.6) is 0 Å². The molecule has 0 saturated heterocycles. The van der Waals surface area contributed by atoms with Crippen molar-refractivity contribution in [1.29, 1.82) is 0 Å². The van der Waals surface area contributed by atoms with Crippen LogP contribution in [0.2, 0.25) is 0 Å². The summed E-state index contributed by atoms with van der Waals surface area (Å²) in [5.41, 5.74) is 1.36.